The Morgan fingerprint density at radius 3 is 2.66 bits per heavy atom. The summed E-state index contributed by atoms with van der Waals surface area (Å²) in [6, 6.07) is 7.26. The van der Waals surface area contributed by atoms with E-state index in [-0.39, 0.29) is 36.1 Å². The van der Waals surface area contributed by atoms with E-state index in [9.17, 15) is 9.18 Å². The average molecular weight is 468 g/mol. The number of hydrogen-bond acceptors (Lipinski definition) is 6. The summed E-state index contributed by atoms with van der Waals surface area (Å²) in [4.78, 5) is 14.2. The van der Waals surface area contributed by atoms with E-state index in [2.05, 4.69) is 4.72 Å². The molecule has 1 N–H and O–H groups in total. The van der Waals surface area contributed by atoms with Crippen LogP contribution in [0.25, 0.3) is 0 Å². The first-order chi connectivity index (χ1) is 15.3. The van der Waals surface area contributed by atoms with Crippen molar-refractivity contribution in [3.63, 3.8) is 0 Å². The summed E-state index contributed by atoms with van der Waals surface area (Å²) in [6.07, 6.45) is 4.74. The molecule has 6 nitrogen and oxygen atoms in total. The second-order valence-electron chi connectivity index (χ2n) is 9.42. The molecule has 1 saturated carbocycles. The Bertz CT molecular complexity index is 728. The van der Waals surface area contributed by atoms with Crippen molar-refractivity contribution in [3.8, 4) is 0 Å². The van der Waals surface area contributed by atoms with E-state index in [1.807, 2.05) is 43.2 Å². The zero-order chi connectivity index (χ0) is 23.1. The first kappa shape index (κ1) is 25.3. The van der Waals surface area contributed by atoms with Crippen LogP contribution in [0, 0.1) is 11.7 Å². The van der Waals surface area contributed by atoms with Gasteiger partial charge in [-0.2, -0.15) is 0 Å². The molecule has 2 aliphatic rings. The summed E-state index contributed by atoms with van der Waals surface area (Å²) in [5.74, 6) is 0.456. The molecule has 0 spiro atoms. The lowest BCUT2D eigenvalue weighted by Gasteiger charge is -2.39. The quantitative estimate of drug-likeness (QED) is 0.554. The highest BCUT2D eigenvalue weighted by Gasteiger charge is 2.34. The van der Waals surface area contributed by atoms with Gasteiger partial charge in [0.15, 0.2) is 0 Å². The molecule has 3 rings (SSSR count). The molecule has 2 fully saturated rings. The maximum atomic E-state index is 13.6. The monoisotopic (exact) mass is 467 g/mol. The van der Waals surface area contributed by atoms with Crippen LogP contribution in [0.15, 0.2) is 24.3 Å². The van der Waals surface area contributed by atoms with Crippen molar-refractivity contribution in [2.75, 3.05) is 33.8 Å². The lowest BCUT2D eigenvalue weighted by molar-refractivity contribution is -0.0181. The lowest BCUT2D eigenvalue weighted by Crippen LogP contribution is -2.52. The zero-order valence-electron chi connectivity index (χ0n) is 19.8. The standard InChI is InChI=1S/C24H38FN3O3S/c1-17(2)31-24(29)28-13-12-23(26-32-27(3)4)20(15-28)16-30-22-10-8-18(9-11-22)19-6-5-7-21(25)14-19/h5-7,14,17-18,20,22-23,26H,8-13,15-16H2,1-4H3/t18-,20?,22+,23?. The molecule has 180 valence electrons. The molecule has 1 heterocycles. The predicted molar refractivity (Wildman–Crippen MR) is 127 cm³/mol. The highest BCUT2D eigenvalue weighted by Crippen LogP contribution is 2.34. The van der Waals surface area contributed by atoms with E-state index in [1.165, 1.54) is 6.07 Å². The molecule has 0 bridgehead atoms. The molecule has 8 heteroatoms. The highest BCUT2D eigenvalue weighted by molar-refractivity contribution is 7.95. The Hall–Kier alpha value is -1.35. The normalized spacial score (nSPS) is 26.5. The van der Waals surface area contributed by atoms with Gasteiger partial charge in [-0.3, -0.25) is 0 Å². The van der Waals surface area contributed by atoms with Gasteiger partial charge < -0.3 is 14.4 Å². The van der Waals surface area contributed by atoms with Crippen molar-refractivity contribution < 1.29 is 18.7 Å². The van der Waals surface area contributed by atoms with Gasteiger partial charge in [-0.25, -0.2) is 18.2 Å². The third-order valence-corrected chi connectivity index (χ3v) is 7.03. The van der Waals surface area contributed by atoms with Crippen LogP contribution >= 0.6 is 12.1 Å². The fourth-order valence-corrected chi connectivity index (χ4v) is 5.21. The van der Waals surface area contributed by atoms with E-state index in [0.29, 0.717) is 25.6 Å². The molecule has 1 saturated heterocycles. The van der Waals surface area contributed by atoms with Gasteiger partial charge in [0.1, 0.15) is 5.82 Å². The number of amides is 1. The van der Waals surface area contributed by atoms with Crippen LogP contribution < -0.4 is 4.72 Å². The molecule has 1 aliphatic heterocycles. The number of carbonyl (C=O) groups is 1. The minimum Gasteiger partial charge on any atom is -0.447 e. The average Bonchev–Trinajstić information content (AvgIpc) is 2.76. The first-order valence-corrected chi connectivity index (χ1v) is 12.5. The van der Waals surface area contributed by atoms with Crippen molar-refractivity contribution in [3.05, 3.63) is 35.6 Å². The van der Waals surface area contributed by atoms with Crippen LogP contribution in [0.4, 0.5) is 9.18 Å². The molecule has 32 heavy (non-hydrogen) atoms. The van der Waals surface area contributed by atoms with E-state index >= 15 is 0 Å². The number of ether oxygens (including phenoxy) is 2. The fraction of sp³-hybridized carbons (Fsp3) is 0.708. The summed E-state index contributed by atoms with van der Waals surface area (Å²) < 4.78 is 30.9. The molecule has 0 radical (unpaired) electrons. The Labute approximate surface area is 196 Å². The zero-order valence-corrected chi connectivity index (χ0v) is 20.6. The molecular formula is C24H38FN3O3S. The van der Waals surface area contributed by atoms with Crippen molar-refractivity contribution in [1.82, 2.24) is 13.9 Å². The van der Waals surface area contributed by atoms with E-state index in [1.54, 1.807) is 24.3 Å². The number of likely N-dealkylation sites (tertiary alicyclic amines) is 1. The number of hydrogen-bond donors (Lipinski definition) is 1. The van der Waals surface area contributed by atoms with Gasteiger partial charge in [-0.05, 0) is 83.7 Å². The van der Waals surface area contributed by atoms with Gasteiger partial charge in [-0.1, -0.05) is 12.1 Å². The van der Waals surface area contributed by atoms with Gasteiger partial charge in [0.25, 0.3) is 0 Å². The minimum atomic E-state index is -0.237. The van der Waals surface area contributed by atoms with Crippen molar-refractivity contribution in [2.45, 2.75) is 70.1 Å². The molecular weight excluding hydrogens is 429 g/mol. The van der Waals surface area contributed by atoms with Gasteiger partial charge in [-0.15, -0.1) is 0 Å². The Balaban J connectivity index is 1.51. The number of carbonyl (C=O) groups excluding carboxylic acids is 1. The molecule has 2 atom stereocenters. The minimum absolute atomic E-state index is 0.120. The van der Waals surface area contributed by atoms with Crippen LogP contribution in [-0.4, -0.2) is 67.3 Å². The molecule has 1 amide bonds. The second kappa shape index (κ2) is 12.2. The molecule has 1 aliphatic carbocycles. The number of piperidine rings is 1. The van der Waals surface area contributed by atoms with Crippen molar-refractivity contribution in [2.24, 2.45) is 5.92 Å². The van der Waals surface area contributed by atoms with E-state index in [4.69, 9.17) is 9.47 Å². The largest absolute Gasteiger partial charge is 0.447 e. The smallest absolute Gasteiger partial charge is 0.410 e. The maximum absolute atomic E-state index is 13.6. The van der Waals surface area contributed by atoms with Crippen LogP contribution in [0.5, 0.6) is 0 Å². The van der Waals surface area contributed by atoms with Crippen LogP contribution in [0.3, 0.4) is 0 Å². The molecule has 2 unspecified atom stereocenters. The molecule has 0 aromatic heterocycles. The SMILES string of the molecule is CC(C)OC(=O)N1CCC(NSN(C)C)C(CO[C@H]2CC[C@@H](c3cccc(F)c3)CC2)C1. The van der Waals surface area contributed by atoms with E-state index in [0.717, 1.165) is 37.7 Å². The summed E-state index contributed by atoms with van der Waals surface area (Å²) in [5, 5.41) is 0. The highest BCUT2D eigenvalue weighted by atomic mass is 32.2. The lowest BCUT2D eigenvalue weighted by atomic mass is 9.82. The van der Waals surface area contributed by atoms with Gasteiger partial charge in [0.05, 0.1) is 18.8 Å². The predicted octanol–water partition coefficient (Wildman–Crippen LogP) is 4.82. The van der Waals surface area contributed by atoms with Gasteiger partial charge in [0, 0.05) is 37.2 Å². The summed E-state index contributed by atoms with van der Waals surface area (Å²) in [5.41, 5.74) is 1.10. The topological polar surface area (TPSA) is 54.0 Å². The second-order valence-corrected chi connectivity index (χ2v) is 10.6. The van der Waals surface area contributed by atoms with Crippen molar-refractivity contribution >= 4 is 18.2 Å². The van der Waals surface area contributed by atoms with E-state index < -0.39 is 0 Å². The maximum Gasteiger partial charge on any atom is 0.410 e. The third-order valence-electron chi connectivity index (χ3n) is 6.26. The third kappa shape index (κ3) is 7.61. The Morgan fingerprint density at radius 1 is 1.25 bits per heavy atom. The first-order valence-electron chi connectivity index (χ1n) is 11.7. The summed E-state index contributed by atoms with van der Waals surface area (Å²) in [6.45, 7) is 5.69. The molecule has 1 aromatic carbocycles. The number of nitrogens with zero attached hydrogens (tertiary/aromatic N) is 2. The summed E-state index contributed by atoms with van der Waals surface area (Å²) in [7, 11) is 4.02. The van der Waals surface area contributed by atoms with Crippen molar-refractivity contribution in [1.29, 1.82) is 0 Å². The Kier molecular flexibility index (Phi) is 9.64. The number of rotatable bonds is 8. The number of nitrogens with one attached hydrogen (secondary N) is 1. The molecule has 1 aromatic rings. The summed E-state index contributed by atoms with van der Waals surface area (Å²) >= 11 is 1.58. The van der Waals surface area contributed by atoms with Gasteiger partial charge in [0.2, 0.25) is 0 Å². The van der Waals surface area contributed by atoms with Crippen LogP contribution in [0.2, 0.25) is 0 Å². The van der Waals surface area contributed by atoms with Gasteiger partial charge >= 0.3 is 6.09 Å². The Morgan fingerprint density at radius 2 is 2.00 bits per heavy atom. The fourth-order valence-electron chi connectivity index (χ4n) is 4.55. The van der Waals surface area contributed by atoms with Crippen LogP contribution in [-0.2, 0) is 9.47 Å². The number of halogens is 1. The number of benzene rings is 1. The van der Waals surface area contributed by atoms with Crippen LogP contribution in [0.1, 0.15) is 57.4 Å².